The van der Waals surface area contributed by atoms with E-state index < -0.39 is 12.1 Å². The molecule has 1 atom stereocenters. The third-order valence-corrected chi connectivity index (χ3v) is 6.51. The van der Waals surface area contributed by atoms with Gasteiger partial charge in [-0.3, -0.25) is 14.6 Å². The molecule has 0 aliphatic carbocycles. The Balaban J connectivity index is 0.000000360. The van der Waals surface area contributed by atoms with Crippen LogP contribution in [0.25, 0.3) is 0 Å². The molecule has 0 radical (unpaired) electrons. The number of alkyl halides is 3. The maximum Gasteiger partial charge on any atom is 0.490 e. The molecular formula is C21H22F3N3O4S. The quantitative estimate of drug-likeness (QED) is 0.720. The molecule has 2 N–H and O–H groups in total. The molecule has 2 saturated heterocycles. The van der Waals surface area contributed by atoms with Crippen LogP contribution in [0, 0.1) is 0 Å². The van der Waals surface area contributed by atoms with Gasteiger partial charge < -0.3 is 15.3 Å². The highest BCUT2D eigenvalue weighted by Crippen LogP contribution is 2.39. The first kappa shape index (κ1) is 23.7. The van der Waals surface area contributed by atoms with Crippen LogP contribution in [0.2, 0.25) is 0 Å². The van der Waals surface area contributed by atoms with Gasteiger partial charge in [0, 0.05) is 35.9 Å². The highest BCUT2D eigenvalue weighted by atomic mass is 32.1. The van der Waals surface area contributed by atoms with Gasteiger partial charge in [0.15, 0.2) is 0 Å². The fraction of sp³-hybridized carbons (Fsp3) is 0.429. The first-order valence-electron chi connectivity index (χ1n) is 9.92. The Labute approximate surface area is 186 Å². The SMILES string of the molecule is O=C(O)C(F)(F)F.O=C1NC2(CCN(C(=O)Cc3cccs3)CC2)CC1c1ccncc1. The lowest BCUT2D eigenvalue weighted by Crippen LogP contribution is -2.52. The maximum atomic E-state index is 12.5. The second-order valence-electron chi connectivity index (χ2n) is 7.75. The topological polar surface area (TPSA) is 99.6 Å². The van der Waals surface area contributed by atoms with Gasteiger partial charge in [0.2, 0.25) is 11.8 Å². The summed E-state index contributed by atoms with van der Waals surface area (Å²) in [5.41, 5.74) is 0.866. The average Bonchev–Trinajstić information content (AvgIpc) is 3.37. The number of rotatable bonds is 3. The molecule has 0 bridgehead atoms. The van der Waals surface area contributed by atoms with Crippen molar-refractivity contribution >= 4 is 29.1 Å². The Morgan fingerprint density at radius 3 is 2.38 bits per heavy atom. The number of carboxylic acid groups (broad SMARTS) is 1. The minimum absolute atomic E-state index is 0.101. The highest BCUT2D eigenvalue weighted by Gasteiger charge is 2.46. The van der Waals surface area contributed by atoms with E-state index in [9.17, 15) is 22.8 Å². The third-order valence-electron chi connectivity index (χ3n) is 5.63. The fourth-order valence-electron chi connectivity index (χ4n) is 3.94. The fourth-order valence-corrected chi connectivity index (χ4v) is 4.63. The molecule has 11 heteroatoms. The molecule has 4 rings (SSSR count). The van der Waals surface area contributed by atoms with Gasteiger partial charge in [-0.15, -0.1) is 11.3 Å². The average molecular weight is 469 g/mol. The van der Waals surface area contributed by atoms with Crippen LogP contribution in [0.4, 0.5) is 13.2 Å². The minimum atomic E-state index is -5.08. The lowest BCUT2D eigenvalue weighted by molar-refractivity contribution is -0.192. The van der Waals surface area contributed by atoms with E-state index in [-0.39, 0.29) is 23.3 Å². The number of aromatic nitrogens is 1. The summed E-state index contributed by atoms with van der Waals surface area (Å²) in [5, 5.41) is 12.4. The number of pyridine rings is 1. The van der Waals surface area contributed by atoms with Crippen molar-refractivity contribution in [1.82, 2.24) is 15.2 Å². The Morgan fingerprint density at radius 1 is 1.22 bits per heavy atom. The van der Waals surface area contributed by atoms with Crippen LogP contribution in [0.1, 0.15) is 35.6 Å². The molecule has 0 aromatic carbocycles. The number of thiophene rings is 1. The zero-order valence-electron chi connectivity index (χ0n) is 17.0. The van der Waals surface area contributed by atoms with Gasteiger partial charge in [-0.25, -0.2) is 4.79 Å². The first-order chi connectivity index (χ1) is 15.1. The Hall–Kier alpha value is -2.95. The predicted molar refractivity (Wildman–Crippen MR) is 110 cm³/mol. The van der Waals surface area contributed by atoms with E-state index in [1.165, 1.54) is 0 Å². The lowest BCUT2D eigenvalue weighted by atomic mass is 9.82. The summed E-state index contributed by atoms with van der Waals surface area (Å²) in [4.78, 5) is 40.9. The van der Waals surface area contributed by atoms with Crippen molar-refractivity contribution in [2.45, 2.75) is 43.3 Å². The first-order valence-corrected chi connectivity index (χ1v) is 10.8. The molecule has 7 nitrogen and oxygen atoms in total. The molecule has 172 valence electrons. The van der Waals surface area contributed by atoms with Crippen molar-refractivity contribution < 1.29 is 32.7 Å². The predicted octanol–water partition coefficient (Wildman–Crippen LogP) is 2.98. The smallest absolute Gasteiger partial charge is 0.475 e. The normalized spacial score (nSPS) is 19.8. The van der Waals surface area contributed by atoms with Crippen LogP contribution in [-0.2, 0) is 20.8 Å². The monoisotopic (exact) mass is 469 g/mol. The third kappa shape index (κ3) is 5.84. The maximum absolute atomic E-state index is 12.5. The van der Waals surface area contributed by atoms with E-state index in [0.29, 0.717) is 19.5 Å². The van der Waals surface area contributed by atoms with E-state index in [2.05, 4.69) is 10.3 Å². The number of hydrogen-bond donors (Lipinski definition) is 2. The van der Waals surface area contributed by atoms with Gasteiger partial charge >= 0.3 is 12.1 Å². The van der Waals surface area contributed by atoms with Gasteiger partial charge in [-0.05, 0) is 48.4 Å². The van der Waals surface area contributed by atoms with Crippen LogP contribution in [-0.4, -0.2) is 57.6 Å². The van der Waals surface area contributed by atoms with E-state index >= 15 is 0 Å². The number of hydrogen-bond acceptors (Lipinski definition) is 5. The van der Waals surface area contributed by atoms with Crippen molar-refractivity contribution in [3.8, 4) is 0 Å². The molecule has 2 aliphatic rings. The summed E-state index contributed by atoms with van der Waals surface area (Å²) in [6.45, 7) is 1.43. The van der Waals surface area contributed by atoms with Crippen molar-refractivity contribution in [1.29, 1.82) is 0 Å². The Bertz CT molecular complexity index is 943. The number of aliphatic carboxylic acids is 1. The molecule has 4 heterocycles. The zero-order valence-corrected chi connectivity index (χ0v) is 17.8. The summed E-state index contributed by atoms with van der Waals surface area (Å²) in [5.74, 6) is -2.57. The summed E-state index contributed by atoms with van der Waals surface area (Å²) >= 11 is 1.62. The summed E-state index contributed by atoms with van der Waals surface area (Å²) < 4.78 is 31.7. The van der Waals surface area contributed by atoms with Crippen LogP contribution < -0.4 is 5.32 Å². The molecule has 2 amide bonds. The van der Waals surface area contributed by atoms with Crippen molar-refractivity contribution in [3.63, 3.8) is 0 Å². The summed E-state index contributed by atoms with van der Waals surface area (Å²) in [6.07, 6.45) is 1.34. The number of piperidine rings is 1. The second-order valence-corrected chi connectivity index (χ2v) is 8.78. The van der Waals surface area contributed by atoms with Crippen LogP contribution >= 0.6 is 11.3 Å². The van der Waals surface area contributed by atoms with Gasteiger partial charge in [-0.1, -0.05) is 6.07 Å². The van der Waals surface area contributed by atoms with Gasteiger partial charge in [0.05, 0.1) is 12.3 Å². The molecular weight excluding hydrogens is 447 g/mol. The van der Waals surface area contributed by atoms with Gasteiger partial charge in [-0.2, -0.15) is 13.2 Å². The van der Waals surface area contributed by atoms with E-state index in [1.54, 1.807) is 23.7 Å². The number of amides is 2. The van der Waals surface area contributed by atoms with Gasteiger partial charge in [0.1, 0.15) is 0 Å². The Kier molecular flexibility index (Phi) is 7.17. The molecule has 1 spiro atoms. The van der Waals surface area contributed by atoms with E-state index in [1.807, 2.05) is 34.5 Å². The second kappa shape index (κ2) is 9.68. The van der Waals surface area contributed by atoms with Gasteiger partial charge in [0.25, 0.3) is 0 Å². The lowest BCUT2D eigenvalue weighted by Gasteiger charge is -2.39. The van der Waals surface area contributed by atoms with Crippen LogP contribution in [0.3, 0.4) is 0 Å². The number of carboxylic acids is 1. The van der Waals surface area contributed by atoms with E-state index in [4.69, 9.17) is 9.90 Å². The summed E-state index contributed by atoms with van der Waals surface area (Å²) in [6, 6.07) is 7.82. The molecule has 2 aromatic rings. The van der Waals surface area contributed by atoms with Crippen molar-refractivity contribution in [2.75, 3.05) is 13.1 Å². The summed E-state index contributed by atoms with van der Waals surface area (Å²) in [7, 11) is 0. The molecule has 32 heavy (non-hydrogen) atoms. The number of likely N-dealkylation sites (tertiary alicyclic amines) is 1. The highest BCUT2D eigenvalue weighted by molar-refractivity contribution is 7.10. The number of carbonyl (C=O) groups is 3. The number of halogens is 3. The molecule has 1 unspecified atom stereocenters. The number of nitrogens with one attached hydrogen (secondary N) is 1. The largest absolute Gasteiger partial charge is 0.490 e. The molecule has 2 aromatic heterocycles. The Morgan fingerprint density at radius 2 is 1.84 bits per heavy atom. The van der Waals surface area contributed by atoms with Crippen LogP contribution in [0.5, 0.6) is 0 Å². The standard InChI is InChI=1S/C19H21N3O2S.C2HF3O2/c23-17(12-15-2-1-11-25-15)22-9-5-19(6-10-22)13-16(18(24)21-19)14-3-7-20-8-4-14;3-2(4,5)1(6)7/h1-4,7-8,11,16H,5-6,9-10,12-13H2,(H,21,24);(H,6,7). The zero-order chi connectivity index (χ0) is 23.4. The van der Waals surface area contributed by atoms with Crippen molar-refractivity contribution in [2.24, 2.45) is 0 Å². The van der Waals surface area contributed by atoms with Crippen molar-refractivity contribution in [3.05, 3.63) is 52.5 Å². The minimum Gasteiger partial charge on any atom is -0.475 e. The van der Waals surface area contributed by atoms with Crippen LogP contribution in [0.15, 0.2) is 42.0 Å². The number of carbonyl (C=O) groups excluding carboxylic acids is 2. The molecule has 0 saturated carbocycles. The number of nitrogens with zero attached hydrogens (tertiary/aromatic N) is 2. The molecule has 2 fully saturated rings. The molecule has 2 aliphatic heterocycles. The van der Waals surface area contributed by atoms with E-state index in [0.717, 1.165) is 29.7 Å².